The first kappa shape index (κ1) is 20.8. The van der Waals surface area contributed by atoms with E-state index in [2.05, 4.69) is 25.3 Å². The molecule has 1 heterocycles. The van der Waals surface area contributed by atoms with Gasteiger partial charge in [-0.1, -0.05) is 6.07 Å². The van der Waals surface area contributed by atoms with E-state index in [1.807, 2.05) is 26.0 Å². The minimum absolute atomic E-state index is 0.0298. The fourth-order valence-corrected chi connectivity index (χ4v) is 2.57. The van der Waals surface area contributed by atoms with Gasteiger partial charge in [0.05, 0.1) is 4.92 Å². The average Bonchev–Trinajstić information content (AvgIpc) is 2.65. The smallest absolute Gasteiger partial charge is 0.406 e. The quantitative estimate of drug-likeness (QED) is 0.408. The highest BCUT2D eigenvalue weighted by Gasteiger charge is 2.31. The number of nitrogens with zero attached hydrogens (tertiary/aromatic N) is 3. The van der Waals surface area contributed by atoms with Gasteiger partial charge in [-0.3, -0.25) is 10.1 Å². The zero-order chi connectivity index (χ0) is 21.9. The molecule has 0 aliphatic rings. The Bertz CT molecular complexity index is 1070. The molecule has 2 N–H and O–H groups in total. The van der Waals surface area contributed by atoms with Crippen molar-refractivity contribution < 1.29 is 22.8 Å². The molecule has 30 heavy (non-hydrogen) atoms. The number of rotatable bonds is 6. The van der Waals surface area contributed by atoms with Crippen LogP contribution in [0.5, 0.6) is 5.75 Å². The van der Waals surface area contributed by atoms with E-state index >= 15 is 0 Å². The van der Waals surface area contributed by atoms with Crippen LogP contribution in [-0.2, 0) is 0 Å². The number of aromatic nitrogens is 2. The summed E-state index contributed by atoms with van der Waals surface area (Å²) in [6.07, 6.45) is -3.67. The molecule has 0 aliphatic carbocycles. The highest BCUT2D eigenvalue weighted by molar-refractivity contribution is 5.77. The highest BCUT2D eigenvalue weighted by Crippen LogP contribution is 2.34. The number of alkyl halides is 3. The van der Waals surface area contributed by atoms with Crippen LogP contribution in [-0.4, -0.2) is 21.3 Å². The van der Waals surface area contributed by atoms with Gasteiger partial charge in [0.1, 0.15) is 12.1 Å². The SMILES string of the molecule is Cc1ccc(Nc2ncnc(Nc3ccc(OC(F)(F)F)cc3)c2[N+](=O)[O-])cc1C. The lowest BCUT2D eigenvalue weighted by Gasteiger charge is -2.12. The highest BCUT2D eigenvalue weighted by atomic mass is 19.4. The normalized spacial score (nSPS) is 11.1. The van der Waals surface area contributed by atoms with Crippen molar-refractivity contribution in [2.24, 2.45) is 0 Å². The van der Waals surface area contributed by atoms with Crippen LogP contribution in [0.4, 0.5) is 41.9 Å². The largest absolute Gasteiger partial charge is 0.573 e. The molecule has 0 aliphatic heterocycles. The fourth-order valence-electron chi connectivity index (χ4n) is 2.57. The number of nitrogens with one attached hydrogen (secondary N) is 2. The van der Waals surface area contributed by atoms with Crippen molar-refractivity contribution in [1.82, 2.24) is 9.97 Å². The Morgan fingerprint density at radius 2 is 1.50 bits per heavy atom. The van der Waals surface area contributed by atoms with Crippen LogP contribution in [0, 0.1) is 24.0 Å². The monoisotopic (exact) mass is 419 g/mol. The van der Waals surface area contributed by atoms with Crippen LogP contribution >= 0.6 is 0 Å². The first-order chi connectivity index (χ1) is 14.1. The van der Waals surface area contributed by atoms with Gasteiger partial charge >= 0.3 is 12.0 Å². The third-order valence-corrected chi connectivity index (χ3v) is 4.13. The number of ether oxygens (including phenoxy) is 1. The Hall–Kier alpha value is -3.89. The van der Waals surface area contributed by atoms with Gasteiger partial charge in [0, 0.05) is 11.4 Å². The first-order valence-electron chi connectivity index (χ1n) is 8.59. The number of halogens is 3. The van der Waals surface area contributed by atoms with Crippen LogP contribution in [0.3, 0.4) is 0 Å². The number of anilines is 4. The van der Waals surface area contributed by atoms with Crippen molar-refractivity contribution in [1.29, 1.82) is 0 Å². The van der Waals surface area contributed by atoms with Gasteiger partial charge in [-0.2, -0.15) is 0 Å². The minimum atomic E-state index is -4.81. The van der Waals surface area contributed by atoms with Crippen molar-refractivity contribution in [3.63, 3.8) is 0 Å². The zero-order valence-corrected chi connectivity index (χ0v) is 15.8. The average molecular weight is 419 g/mol. The van der Waals surface area contributed by atoms with Crippen molar-refractivity contribution >= 4 is 28.7 Å². The third-order valence-electron chi connectivity index (χ3n) is 4.13. The molecule has 0 amide bonds. The molecule has 8 nitrogen and oxygen atoms in total. The number of hydrogen-bond donors (Lipinski definition) is 2. The lowest BCUT2D eigenvalue weighted by atomic mass is 10.1. The summed E-state index contributed by atoms with van der Waals surface area (Å²) in [4.78, 5) is 18.9. The summed E-state index contributed by atoms with van der Waals surface area (Å²) < 4.78 is 40.6. The predicted molar refractivity (Wildman–Crippen MR) is 104 cm³/mol. The van der Waals surface area contributed by atoms with Gasteiger partial charge in [-0.05, 0) is 61.4 Å². The maximum absolute atomic E-state index is 12.3. The van der Waals surface area contributed by atoms with Gasteiger partial charge in [0.15, 0.2) is 0 Å². The second kappa shape index (κ2) is 8.23. The molecule has 1 aromatic heterocycles. The maximum atomic E-state index is 12.3. The van der Waals surface area contributed by atoms with Gasteiger partial charge in [0.25, 0.3) is 0 Å². The number of benzene rings is 2. The molecular formula is C19H16F3N5O3. The number of aryl methyl sites for hydroxylation is 2. The van der Waals surface area contributed by atoms with Crippen LogP contribution in [0.1, 0.15) is 11.1 Å². The molecule has 3 rings (SSSR count). The van der Waals surface area contributed by atoms with Crippen molar-refractivity contribution in [3.8, 4) is 5.75 Å². The second-order valence-electron chi connectivity index (χ2n) is 6.30. The Balaban J connectivity index is 1.87. The summed E-state index contributed by atoms with van der Waals surface area (Å²) in [5, 5.41) is 17.3. The topological polar surface area (TPSA) is 102 Å². The molecule has 3 aromatic rings. The van der Waals surface area contributed by atoms with Crippen LogP contribution in [0.2, 0.25) is 0 Å². The number of nitro groups is 1. The van der Waals surface area contributed by atoms with Crippen LogP contribution < -0.4 is 15.4 Å². The lowest BCUT2D eigenvalue weighted by molar-refractivity contribution is -0.383. The summed E-state index contributed by atoms with van der Waals surface area (Å²) in [6.45, 7) is 3.85. The van der Waals surface area contributed by atoms with Gasteiger partial charge in [-0.15, -0.1) is 13.2 Å². The molecule has 156 valence electrons. The van der Waals surface area contributed by atoms with Crippen molar-refractivity contribution in [2.75, 3.05) is 10.6 Å². The molecule has 0 bridgehead atoms. The van der Waals surface area contributed by atoms with E-state index in [4.69, 9.17) is 0 Å². The summed E-state index contributed by atoms with van der Waals surface area (Å²) in [5.74, 6) is -0.564. The Morgan fingerprint density at radius 1 is 0.933 bits per heavy atom. The van der Waals surface area contributed by atoms with Crippen molar-refractivity contribution in [3.05, 3.63) is 70.0 Å². The molecule has 0 saturated carbocycles. The van der Waals surface area contributed by atoms with Crippen molar-refractivity contribution in [2.45, 2.75) is 20.2 Å². The Labute approximate surface area is 168 Å². The fraction of sp³-hybridized carbons (Fsp3) is 0.158. The Morgan fingerprint density at radius 3 is 2.03 bits per heavy atom. The van der Waals surface area contributed by atoms with Crippen LogP contribution in [0.15, 0.2) is 48.8 Å². The van der Waals surface area contributed by atoms with Crippen LogP contribution in [0.25, 0.3) is 0 Å². The molecule has 11 heteroatoms. The maximum Gasteiger partial charge on any atom is 0.573 e. The van der Waals surface area contributed by atoms with E-state index in [-0.39, 0.29) is 17.3 Å². The molecular weight excluding hydrogens is 403 g/mol. The van der Waals surface area contributed by atoms with E-state index in [9.17, 15) is 23.3 Å². The molecule has 0 unspecified atom stereocenters. The van der Waals surface area contributed by atoms with Gasteiger partial charge in [-0.25, -0.2) is 9.97 Å². The van der Waals surface area contributed by atoms with Gasteiger partial charge in [0.2, 0.25) is 11.6 Å². The molecule has 2 aromatic carbocycles. The molecule has 0 atom stereocenters. The van der Waals surface area contributed by atoms with E-state index in [1.165, 1.54) is 12.1 Å². The Kier molecular flexibility index (Phi) is 5.72. The summed E-state index contributed by atoms with van der Waals surface area (Å²) in [7, 11) is 0. The second-order valence-corrected chi connectivity index (χ2v) is 6.30. The summed E-state index contributed by atoms with van der Waals surface area (Å²) >= 11 is 0. The van der Waals surface area contributed by atoms with E-state index in [0.29, 0.717) is 5.69 Å². The minimum Gasteiger partial charge on any atom is -0.406 e. The zero-order valence-electron chi connectivity index (χ0n) is 15.8. The summed E-state index contributed by atoms with van der Waals surface area (Å²) in [5.41, 5.74) is 2.54. The van der Waals surface area contributed by atoms with E-state index in [1.54, 1.807) is 6.07 Å². The van der Waals surface area contributed by atoms with E-state index < -0.39 is 22.7 Å². The molecule has 0 fully saturated rings. The third kappa shape index (κ3) is 5.13. The predicted octanol–water partition coefficient (Wildman–Crippen LogP) is 5.39. The lowest BCUT2D eigenvalue weighted by Crippen LogP contribution is -2.17. The first-order valence-corrected chi connectivity index (χ1v) is 8.59. The van der Waals surface area contributed by atoms with E-state index in [0.717, 1.165) is 29.6 Å². The summed E-state index contributed by atoms with van der Waals surface area (Å²) in [6, 6.07) is 10.2. The molecule has 0 spiro atoms. The van der Waals surface area contributed by atoms with Gasteiger partial charge < -0.3 is 15.4 Å². The standard InChI is InChI=1S/C19H16F3N5O3/c1-11-3-4-14(9-12(11)2)26-18-16(27(28)29)17(23-10-24-18)25-13-5-7-15(8-6-13)30-19(20,21)22/h3-10H,1-2H3,(H2,23,24,25,26). The molecule has 0 radical (unpaired) electrons. The molecule has 0 saturated heterocycles. The number of hydrogen-bond acceptors (Lipinski definition) is 7.